The van der Waals surface area contributed by atoms with Gasteiger partial charge in [0.05, 0.1) is 5.69 Å². The number of rotatable bonds is 1. The van der Waals surface area contributed by atoms with Gasteiger partial charge in [-0.3, -0.25) is 0 Å². The summed E-state index contributed by atoms with van der Waals surface area (Å²) < 4.78 is 49.5. The van der Waals surface area contributed by atoms with E-state index in [2.05, 4.69) is 5.11 Å². The first-order chi connectivity index (χ1) is 7.93. The second-order valence-corrected chi connectivity index (χ2v) is 10.1. The summed E-state index contributed by atoms with van der Waals surface area (Å²) in [5.74, 6) is 0. The van der Waals surface area contributed by atoms with Crippen LogP contribution in [0.4, 0.5) is 5.69 Å². The monoisotopic (exact) mass is 418 g/mol. The fraction of sp³-hybridized carbons (Fsp3) is 0.400. The summed E-state index contributed by atoms with van der Waals surface area (Å²) >= 11 is -8.25. The fourth-order valence-electron chi connectivity index (χ4n) is 0.503. The topological polar surface area (TPSA) is 151 Å². The Morgan fingerprint density at radius 1 is 0.900 bits per heavy atom. The van der Waals surface area contributed by atoms with E-state index in [1.165, 1.54) is 0 Å². The number of para-hydroxylation sites is 1. The third-order valence-corrected chi connectivity index (χ3v) is 0.885. The van der Waals surface area contributed by atoms with E-state index in [0.29, 0.717) is 5.69 Å². The molecular weight excluding hydrogens is 394 g/mol. The molecule has 0 aromatic heterocycles. The molecule has 10 heteroatoms. The van der Waals surface area contributed by atoms with Gasteiger partial charge in [0.1, 0.15) is 0 Å². The van der Waals surface area contributed by atoms with Gasteiger partial charge < -0.3 is 0 Å². The van der Waals surface area contributed by atoms with E-state index < -0.39 is 28.3 Å². The van der Waals surface area contributed by atoms with E-state index >= 15 is 0 Å². The van der Waals surface area contributed by atoms with Gasteiger partial charge in [-0.2, -0.15) is 5.11 Å². The molecule has 0 heterocycles. The molecular formula is C10H24As2N2O6. The Bertz CT molecular complexity index is 392. The van der Waals surface area contributed by atoms with Crippen LogP contribution in [0.2, 0.25) is 11.4 Å². The predicted molar refractivity (Wildman–Crippen MR) is 78.2 cm³/mol. The van der Waals surface area contributed by atoms with Gasteiger partial charge in [-0.15, -0.1) is 0 Å². The van der Waals surface area contributed by atoms with Gasteiger partial charge in [0.25, 0.3) is 0 Å². The van der Waals surface area contributed by atoms with E-state index in [9.17, 15) is 7.48 Å². The van der Waals surface area contributed by atoms with Crippen molar-refractivity contribution < 1.29 is 23.9 Å². The third kappa shape index (κ3) is 53.0. The number of nitrogens with one attached hydrogen (secondary N) is 1. The zero-order valence-corrected chi connectivity index (χ0v) is 13.6. The van der Waals surface area contributed by atoms with Gasteiger partial charge in [-0.1, -0.05) is 33.1 Å². The summed E-state index contributed by atoms with van der Waals surface area (Å²) in [4.78, 5) is 0. The molecule has 0 unspecified atom stereocenters. The van der Waals surface area contributed by atoms with Crippen LogP contribution in [0, 0.1) is 5.53 Å². The summed E-state index contributed by atoms with van der Waals surface area (Å²) in [5.41, 5.74) is 9.10. The molecule has 0 aliphatic rings. The molecule has 8 nitrogen and oxygen atoms in total. The van der Waals surface area contributed by atoms with Crippen LogP contribution in [0.3, 0.4) is 0 Å². The molecule has 1 aromatic carbocycles. The van der Waals surface area contributed by atoms with Gasteiger partial charge >= 0.3 is 63.6 Å². The van der Waals surface area contributed by atoms with Crippen LogP contribution in [0.5, 0.6) is 0 Å². The van der Waals surface area contributed by atoms with Crippen LogP contribution in [0.25, 0.3) is 0 Å². The number of hydrogen-bond acceptors (Lipinski definition) is 4. The molecule has 120 valence electrons. The van der Waals surface area contributed by atoms with E-state index in [1.54, 1.807) is 12.1 Å². The second kappa shape index (κ2) is 13.4. The molecule has 0 amide bonds. The molecule has 1 rings (SSSR count). The molecule has 0 atom stereocenters. The second-order valence-electron chi connectivity index (χ2n) is 3.12. The standard InChI is InChI=1S/C6H6N2.2CH5AsO3.2CH4/c7-8-6-4-2-1-3-5-6;2*1-2(3,4)5;;/h1-5,7H;2*1H3,(H2,3,4,5);2*1H4. The normalized spacial score (nSPS) is 9.30. The number of nitrogens with zero attached hydrogens (tertiary/aromatic N) is 1. The van der Waals surface area contributed by atoms with Gasteiger partial charge in [-0.25, -0.2) is 5.53 Å². The smallest absolute Gasteiger partial charge is 0.0849 e. The maximum atomic E-state index is 9.39. The zero-order chi connectivity index (χ0) is 14.8. The molecule has 0 aliphatic heterocycles. The van der Waals surface area contributed by atoms with Crippen molar-refractivity contribution in [3.63, 3.8) is 0 Å². The first-order valence-electron chi connectivity index (χ1n) is 4.42. The predicted octanol–water partition coefficient (Wildman–Crippen LogP) is 1.56. The van der Waals surface area contributed by atoms with Crippen molar-refractivity contribution >= 4 is 34.0 Å². The van der Waals surface area contributed by atoms with Crippen molar-refractivity contribution in [1.29, 1.82) is 5.53 Å². The van der Waals surface area contributed by atoms with E-state index in [4.69, 9.17) is 21.9 Å². The maximum absolute atomic E-state index is 9.39. The van der Waals surface area contributed by atoms with Gasteiger partial charge in [-0.05, 0) is 12.1 Å². The molecule has 0 radical (unpaired) electrons. The number of benzene rings is 1. The quantitative estimate of drug-likeness (QED) is 0.345. The van der Waals surface area contributed by atoms with E-state index in [-0.39, 0.29) is 14.9 Å². The molecule has 0 saturated carbocycles. The van der Waals surface area contributed by atoms with Crippen molar-refractivity contribution in [2.24, 2.45) is 5.11 Å². The Morgan fingerprint density at radius 2 is 1.15 bits per heavy atom. The third-order valence-electron chi connectivity index (χ3n) is 0.885. The average Bonchev–Trinajstić information content (AvgIpc) is 2.14. The van der Waals surface area contributed by atoms with Crippen molar-refractivity contribution in [1.82, 2.24) is 0 Å². The van der Waals surface area contributed by atoms with Crippen LogP contribution in [0.15, 0.2) is 35.4 Å². The Balaban J connectivity index is -0.0000000960. The minimum absolute atomic E-state index is 0. The molecule has 0 fully saturated rings. The summed E-state index contributed by atoms with van der Waals surface area (Å²) in [7, 11) is 0. The van der Waals surface area contributed by atoms with Crippen LogP contribution in [-0.2, 0) is 7.48 Å². The molecule has 0 spiro atoms. The molecule has 0 aliphatic carbocycles. The molecule has 0 saturated heterocycles. The summed E-state index contributed by atoms with van der Waals surface area (Å²) in [6.07, 6.45) is 0. The maximum Gasteiger partial charge on any atom is 0.0849 e. The molecule has 5 N–H and O–H groups in total. The summed E-state index contributed by atoms with van der Waals surface area (Å²) in [5, 5.41) is 3.22. The fourth-order valence-corrected chi connectivity index (χ4v) is 0.503. The first-order valence-corrected chi connectivity index (χ1v) is 13.1. The van der Waals surface area contributed by atoms with Crippen LogP contribution >= 0.6 is 0 Å². The van der Waals surface area contributed by atoms with Gasteiger partial charge in [0, 0.05) is 0 Å². The summed E-state index contributed by atoms with van der Waals surface area (Å²) in [6.45, 7) is 0. The Kier molecular flexibility index (Phi) is 18.5. The zero-order valence-electron chi connectivity index (χ0n) is 9.83. The molecule has 0 bridgehead atoms. The summed E-state index contributed by atoms with van der Waals surface area (Å²) in [6, 6.07) is 9.18. The van der Waals surface area contributed by atoms with E-state index in [0.717, 1.165) is 11.4 Å². The Hall–Kier alpha value is -0.623. The Labute approximate surface area is 125 Å². The van der Waals surface area contributed by atoms with Crippen molar-refractivity contribution in [2.45, 2.75) is 26.3 Å². The van der Waals surface area contributed by atoms with Crippen LogP contribution in [0.1, 0.15) is 14.9 Å². The minimum atomic E-state index is -4.12. The largest absolute Gasteiger partial charge is 0.204 e. The van der Waals surface area contributed by atoms with Crippen LogP contribution in [-0.4, -0.2) is 44.7 Å². The van der Waals surface area contributed by atoms with Crippen molar-refractivity contribution in [2.75, 3.05) is 0 Å². The van der Waals surface area contributed by atoms with Crippen molar-refractivity contribution in [3.05, 3.63) is 30.3 Å². The van der Waals surface area contributed by atoms with Gasteiger partial charge in [0.15, 0.2) is 0 Å². The molecule has 20 heavy (non-hydrogen) atoms. The van der Waals surface area contributed by atoms with E-state index in [1.807, 2.05) is 18.2 Å². The van der Waals surface area contributed by atoms with Crippen LogP contribution < -0.4 is 0 Å². The average molecular weight is 418 g/mol. The Morgan fingerprint density at radius 3 is 1.30 bits per heavy atom. The van der Waals surface area contributed by atoms with Crippen molar-refractivity contribution in [3.8, 4) is 0 Å². The van der Waals surface area contributed by atoms with Gasteiger partial charge in [0.2, 0.25) is 0 Å². The first kappa shape index (κ1) is 27.7. The molecule has 1 aromatic rings. The minimum Gasteiger partial charge on any atom is -0.204 e. The number of hydrogen-bond donors (Lipinski definition) is 5. The SMILES string of the molecule is C.C.C[As](=O)(O)O.C[As](=O)(O)O.N=Nc1ccccc1.